The molecule has 0 aliphatic carbocycles. The zero-order chi connectivity index (χ0) is 19.6. The zero-order valence-corrected chi connectivity index (χ0v) is 24.0. The molecule has 11 heteroatoms. The fourth-order valence-corrected chi connectivity index (χ4v) is 5.06. The Balaban J connectivity index is 0.000000395. The number of nitrogens with zero attached hydrogens (tertiary/aromatic N) is 1. The van der Waals surface area contributed by atoms with Crippen LogP contribution in [0.5, 0.6) is 5.88 Å². The van der Waals surface area contributed by atoms with E-state index in [9.17, 15) is 5.66 Å². The molecule has 2 aromatic carbocycles. The number of aromatic hydroxyl groups is 1. The fourth-order valence-electron chi connectivity index (χ4n) is 1.94. The first-order valence-corrected chi connectivity index (χ1v) is 17.2. The van der Waals surface area contributed by atoms with E-state index in [1.54, 1.807) is 6.07 Å². The van der Waals surface area contributed by atoms with Crippen LogP contribution in [0.4, 0.5) is 0 Å². The maximum absolute atomic E-state index is 10.4. The van der Waals surface area contributed by atoms with Crippen LogP contribution in [0.2, 0.25) is 0 Å². The molecule has 136 valence electrons. The monoisotopic (exact) mass is 607 g/mol. The van der Waals surface area contributed by atoms with Crippen molar-refractivity contribution in [2.75, 3.05) is 0 Å². The van der Waals surface area contributed by atoms with Crippen molar-refractivity contribution in [3.05, 3.63) is 72.3 Å². The summed E-state index contributed by atoms with van der Waals surface area (Å²) in [5.74, 6) is 0.0729. The second-order valence-corrected chi connectivity index (χ2v) is 12.0. The van der Waals surface area contributed by atoms with Crippen molar-refractivity contribution in [1.29, 1.82) is 0 Å². The molecule has 3 N–H and O–H groups in total. The quantitative estimate of drug-likeness (QED) is 0.242. The van der Waals surface area contributed by atoms with Crippen molar-refractivity contribution >= 4 is 21.3 Å². The first kappa shape index (κ1) is 26.9. The summed E-state index contributed by atoms with van der Waals surface area (Å²) < 4.78 is 52.6. The summed E-state index contributed by atoms with van der Waals surface area (Å²) in [6.07, 6.45) is 0. The van der Waals surface area contributed by atoms with E-state index < -0.39 is 33.9 Å². The van der Waals surface area contributed by atoms with Gasteiger partial charge in [-0.05, 0) is 12.1 Å². The third kappa shape index (κ3) is 14.5. The summed E-state index contributed by atoms with van der Waals surface area (Å²) in [7, 11) is -4.67. The van der Waals surface area contributed by atoms with Gasteiger partial charge in [0.2, 0.25) is 5.88 Å². The fraction of sp³-hybridized carbons (Fsp3) is 0.0625. The van der Waals surface area contributed by atoms with Crippen LogP contribution in [0.15, 0.2) is 66.7 Å². The molecule has 0 amide bonds. The van der Waals surface area contributed by atoms with Crippen LogP contribution in [-0.4, -0.2) is 27.6 Å². The molecule has 0 aliphatic rings. The van der Waals surface area contributed by atoms with Gasteiger partial charge in [0, 0.05) is 11.5 Å². The van der Waals surface area contributed by atoms with Crippen LogP contribution in [0.1, 0.15) is 5.56 Å². The number of benzene rings is 2. The Morgan fingerprint density at radius 3 is 2.00 bits per heavy atom. The van der Waals surface area contributed by atoms with Crippen LogP contribution in [0.25, 0.3) is 10.9 Å². The normalized spacial score (nSPS) is 9.41. The van der Waals surface area contributed by atoms with E-state index in [-0.39, 0.29) is 57.3 Å². The Morgan fingerprint density at radius 1 is 0.926 bits per heavy atom. The minimum absolute atomic E-state index is 0. The molecule has 0 aliphatic heterocycles. The van der Waals surface area contributed by atoms with Crippen LogP contribution in [-0.2, 0) is 40.5 Å². The number of pyridine rings is 1. The van der Waals surface area contributed by atoms with Crippen LogP contribution >= 0.6 is 0 Å². The van der Waals surface area contributed by atoms with E-state index in [2.05, 4.69) is 4.98 Å². The van der Waals surface area contributed by atoms with Gasteiger partial charge in [0.1, 0.15) is 0 Å². The molecule has 3 rings (SSSR count). The average Bonchev–Trinajstić information content (AvgIpc) is 2.54. The van der Waals surface area contributed by atoms with Crippen molar-refractivity contribution in [2.24, 2.45) is 0 Å². The predicted molar refractivity (Wildman–Crippen MR) is 88.4 cm³/mol. The topological polar surface area (TPSA) is 148 Å². The van der Waals surface area contributed by atoms with Gasteiger partial charge in [0.05, 0.1) is 5.52 Å². The molecular formula is C16H16HgKNO7S. The Morgan fingerprint density at radius 2 is 1.44 bits per heavy atom. The zero-order valence-electron chi connectivity index (χ0n) is 14.6. The molecule has 0 fully saturated rings. The molecule has 0 radical (unpaired) electrons. The van der Waals surface area contributed by atoms with Gasteiger partial charge in [-0.2, -0.15) is 8.42 Å². The van der Waals surface area contributed by atoms with Gasteiger partial charge in [-0.3, -0.25) is 9.11 Å². The first-order chi connectivity index (χ1) is 12.1. The predicted octanol–water partition coefficient (Wildman–Crippen LogP) is -1.28. The minimum atomic E-state index is -4.67. The van der Waals surface area contributed by atoms with E-state index in [1.165, 1.54) is 0 Å². The van der Waals surface area contributed by atoms with Gasteiger partial charge in [-0.1, -0.05) is 18.2 Å². The Bertz CT molecular complexity index is 947. The summed E-state index contributed by atoms with van der Waals surface area (Å²) in [6.45, 7) is 0. The molecule has 0 atom stereocenters. The van der Waals surface area contributed by atoms with E-state index in [4.69, 9.17) is 22.6 Å². The van der Waals surface area contributed by atoms with E-state index >= 15 is 0 Å². The Kier molecular flexibility index (Phi) is 13.9. The third-order valence-corrected chi connectivity index (χ3v) is 6.75. The second kappa shape index (κ2) is 13.9. The van der Waals surface area contributed by atoms with Crippen LogP contribution in [0.3, 0.4) is 0 Å². The molecule has 1 aromatic heterocycles. The molecule has 8 nitrogen and oxygen atoms in total. The van der Waals surface area contributed by atoms with Gasteiger partial charge >= 0.3 is 131 Å². The molecule has 0 saturated heterocycles. The Hall–Kier alpha value is -0.149. The molecule has 27 heavy (non-hydrogen) atoms. The number of para-hydroxylation sites is 1. The van der Waals surface area contributed by atoms with Gasteiger partial charge in [0.15, 0.2) is 0 Å². The standard InChI is InChI=1S/C9H7NO.C7H7.Hg.K.H2O4S.2O/c11-9-6-5-7-3-1-2-4-8(7)10-9;1-7-5-3-2-4-6-7;;;1-5(2,3)4;;/h1-6H,(H,10,11);2-6H,1H2;;;(H2,1,2,3,4);;/q;;;+1;;;-1. The van der Waals surface area contributed by atoms with Crippen molar-refractivity contribution in [3.8, 4) is 5.88 Å². The number of hydrogen-bond acceptors (Lipinski definition) is 6. The number of hydrogen-bond donors (Lipinski definition) is 3. The summed E-state index contributed by atoms with van der Waals surface area (Å²) in [4.78, 5) is 3.93. The van der Waals surface area contributed by atoms with Crippen LogP contribution in [0, 0.1) is 0 Å². The summed E-state index contributed by atoms with van der Waals surface area (Å²) >= 11 is -3.67. The van der Waals surface area contributed by atoms with Crippen LogP contribution < -0.4 is 54.4 Å². The maximum atomic E-state index is 10.4. The van der Waals surface area contributed by atoms with Gasteiger partial charge in [-0.25, -0.2) is 4.98 Å². The van der Waals surface area contributed by atoms with E-state index in [0.29, 0.717) is 3.93 Å². The van der Waals surface area contributed by atoms with Gasteiger partial charge in [-0.15, -0.1) is 0 Å². The first-order valence-electron chi connectivity index (χ1n) is 7.45. The van der Waals surface area contributed by atoms with Gasteiger partial charge in [0.25, 0.3) is 0 Å². The molecule has 0 spiro atoms. The number of rotatable bonds is 2. The molecule has 0 saturated carbocycles. The van der Waals surface area contributed by atoms with Crippen molar-refractivity contribution in [2.45, 2.75) is 3.93 Å². The van der Waals surface area contributed by atoms with Crippen molar-refractivity contribution < 1.29 is 103 Å². The summed E-state index contributed by atoms with van der Waals surface area (Å²) in [6, 6.07) is 20.4. The second-order valence-electron chi connectivity index (χ2n) is 5.07. The number of aromatic nitrogens is 1. The average molecular weight is 606 g/mol. The molecule has 0 bridgehead atoms. The molecule has 3 aromatic rings. The third-order valence-electron chi connectivity index (χ3n) is 2.92. The molecular weight excluding hydrogens is 590 g/mol. The summed E-state index contributed by atoms with van der Waals surface area (Å²) in [5, 5.41) is 10.1. The number of fused-ring (bicyclic) bond motifs is 1. The van der Waals surface area contributed by atoms with Crippen molar-refractivity contribution in [3.63, 3.8) is 0 Å². The van der Waals surface area contributed by atoms with E-state index in [0.717, 1.165) is 16.5 Å². The molecule has 0 unspecified atom stereocenters. The molecule has 1 heterocycles. The SMILES string of the molecule is O=S(=O)(O)O.Oc1ccc2ccccc2n1.[K+].[O]=[Hg]([O-])[CH2]c1ccccc1. The summed E-state index contributed by atoms with van der Waals surface area (Å²) in [5.41, 5.74) is 1.75. The van der Waals surface area contributed by atoms with Crippen molar-refractivity contribution in [1.82, 2.24) is 4.98 Å². The van der Waals surface area contributed by atoms with E-state index in [1.807, 2.05) is 60.7 Å². The van der Waals surface area contributed by atoms with Gasteiger partial charge < -0.3 is 5.11 Å². The Labute approximate surface area is 208 Å².